The summed E-state index contributed by atoms with van der Waals surface area (Å²) in [5.41, 5.74) is 2.07. The van der Waals surface area contributed by atoms with E-state index in [1.165, 1.54) is 0 Å². The first-order valence-electron chi connectivity index (χ1n) is 5.12. The van der Waals surface area contributed by atoms with Crippen LogP contribution in [0.15, 0.2) is 51.4 Å². The average Bonchev–Trinajstić information content (AvgIpc) is 2.28. The molecule has 0 unspecified atom stereocenters. The highest BCUT2D eigenvalue weighted by molar-refractivity contribution is 9.11. The van der Waals surface area contributed by atoms with Crippen LogP contribution in [0.25, 0.3) is 0 Å². The van der Waals surface area contributed by atoms with Gasteiger partial charge in [0.2, 0.25) is 0 Å². The molecule has 0 aliphatic heterocycles. The largest absolute Gasteiger partial charge is 0.508 e. The molecule has 88 valence electrons. The molecule has 2 N–H and O–H groups in total. The van der Waals surface area contributed by atoms with E-state index in [-0.39, 0.29) is 0 Å². The van der Waals surface area contributed by atoms with Crippen LogP contribution in [0.1, 0.15) is 5.56 Å². The number of halogens is 2. The predicted octanol–water partition coefficient (Wildman–Crippen LogP) is 4.53. The van der Waals surface area contributed by atoms with Crippen LogP contribution in [0.4, 0.5) is 5.69 Å². The second kappa shape index (κ2) is 5.56. The molecule has 2 rings (SSSR count). The van der Waals surface area contributed by atoms with Crippen molar-refractivity contribution in [2.75, 3.05) is 5.32 Å². The quantitative estimate of drug-likeness (QED) is 0.846. The molecule has 0 heterocycles. The molecule has 2 aromatic carbocycles. The number of anilines is 1. The topological polar surface area (TPSA) is 32.3 Å². The lowest BCUT2D eigenvalue weighted by Gasteiger charge is -2.09. The highest BCUT2D eigenvalue weighted by Crippen LogP contribution is 2.26. The van der Waals surface area contributed by atoms with E-state index in [9.17, 15) is 5.11 Å². The molecule has 2 nitrogen and oxygen atoms in total. The molecule has 0 amide bonds. The molecular weight excluding hydrogens is 346 g/mol. The Morgan fingerprint density at radius 3 is 2.59 bits per heavy atom. The van der Waals surface area contributed by atoms with Gasteiger partial charge in [-0.1, -0.05) is 28.1 Å². The third-order valence-corrected chi connectivity index (χ3v) is 3.47. The maximum atomic E-state index is 9.36. The van der Waals surface area contributed by atoms with Crippen molar-refractivity contribution >= 4 is 37.5 Å². The molecule has 0 saturated heterocycles. The number of phenols is 1. The van der Waals surface area contributed by atoms with E-state index in [1.807, 2.05) is 30.3 Å². The van der Waals surface area contributed by atoms with Crippen LogP contribution >= 0.6 is 31.9 Å². The second-order valence-electron chi connectivity index (χ2n) is 3.65. The molecule has 17 heavy (non-hydrogen) atoms. The molecule has 0 aromatic heterocycles. The van der Waals surface area contributed by atoms with Crippen molar-refractivity contribution in [2.24, 2.45) is 0 Å². The Hall–Kier alpha value is -1.000. The summed E-state index contributed by atoms with van der Waals surface area (Å²) >= 11 is 6.90. The standard InChI is InChI=1S/C13H11Br2NO/c14-10-4-5-13(12(15)7-10)16-8-9-2-1-3-11(17)6-9/h1-7,16-17H,8H2. The van der Waals surface area contributed by atoms with E-state index in [4.69, 9.17) is 0 Å². The molecule has 0 aliphatic rings. The first-order valence-corrected chi connectivity index (χ1v) is 6.70. The van der Waals surface area contributed by atoms with E-state index in [1.54, 1.807) is 12.1 Å². The van der Waals surface area contributed by atoms with Gasteiger partial charge in [-0.05, 0) is 51.8 Å². The lowest BCUT2D eigenvalue weighted by atomic mass is 10.2. The van der Waals surface area contributed by atoms with Gasteiger partial charge in [0.1, 0.15) is 5.75 Å². The van der Waals surface area contributed by atoms with Crippen LogP contribution < -0.4 is 5.32 Å². The fourth-order valence-corrected chi connectivity index (χ4v) is 2.68. The highest BCUT2D eigenvalue weighted by atomic mass is 79.9. The highest BCUT2D eigenvalue weighted by Gasteiger charge is 2.00. The van der Waals surface area contributed by atoms with Gasteiger partial charge in [0.15, 0.2) is 0 Å². The Kier molecular flexibility index (Phi) is 4.07. The van der Waals surface area contributed by atoms with Gasteiger partial charge in [-0.2, -0.15) is 0 Å². The molecule has 4 heteroatoms. The van der Waals surface area contributed by atoms with E-state index >= 15 is 0 Å². The summed E-state index contributed by atoms with van der Waals surface area (Å²) in [7, 11) is 0. The average molecular weight is 357 g/mol. The van der Waals surface area contributed by atoms with Gasteiger partial charge >= 0.3 is 0 Å². The van der Waals surface area contributed by atoms with Crippen molar-refractivity contribution in [3.63, 3.8) is 0 Å². The third-order valence-electron chi connectivity index (χ3n) is 2.32. The zero-order chi connectivity index (χ0) is 12.3. The van der Waals surface area contributed by atoms with Gasteiger partial charge in [-0.15, -0.1) is 0 Å². The van der Waals surface area contributed by atoms with Crippen LogP contribution in [0.5, 0.6) is 5.75 Å². The molecule has 0 aliphatic carbocycles. The molecular formula is C13H11Br2NO. The second-order valence-corrected chi connectivity index (χ2v) is 5.42. The summed E-state index contributed by atoms with van der Waals surface area (Å²) < 4.78 is 2.04. The van der Waals surface area contributed by atoms with Crippen molar-refractivity contribution in [1.29, 1.82) is 0 Å². The minimum absolute atomic E-state index is 0.291. The predicted molar refractivity (Wildman–Crippen MR) is 77.3 cm³/mol. The van der Waals surface area contributed by atoms with Crippen LogP contribution in [0.2, 0.25) is 0 Å². The van der Waals surface area contributed by atoms with Gasteiger partial charge in [0, 0.05) is 21.2 Å². The molecule has 0 atom stereocenters. The van der Waals surface area contributed by atoms with Gasteiger partial charge in [-0.25, -0.2) is 0 Å². The summed E-state index contributed by atoms with van der Waals surface area (Å²) in [6.07, 6.45) is 0. The van der Waals surface area contributed by atoms with E-state index in [2.05, 4.69) is 37.2 Å². The Labute approximate surface area is 117 Å². The lowest BCUT2D eigenvalue weighted by Crippen LogP contribution is -1.99. The van der Waals surface area contributed by atoms with Crippen LogP contribution in [0.3, 0.4) is 0 Å². The Balaban J connectivity index is 2.07. The monoisotopic (exact) mass is 355 g/mol. The van der Waals surface area contributed by atoms with Crippen molar-refractivity contribution in [3.8, 4) is 5.75 Å². The summed E-state index contributed by atoms with van der Waals surface area (Å²) in [4.78, 5) is 0. The number of rotatable bonds is 3. The molecule has 0 spiro atoms. The summed E-state index contributed by atoms with van der Waals surface area (Å²) in [5.74, 6) is 0.291. The number of phenolic OH excluding ortho intramolecular Hbond substituents is 1. The van der Waals surface area contributed by atoms with E-state index in [0.717, 1.165) is 20.2 Å². The maximum absolute atomic E-state index is 9.36. The summed E-state index contributed by atoms with van der Waals surface area (Å²) in [5, 5.41) is 12.7. The van der Waals surface area contributed by atoms with E-state index in [0.29, 0.717) is 12.3 Å². The van der Waals surface area contributed by atoms with Crippen molar-refractivity contribution in [3.05, 3.63) is 57.0 Å². The maximum Gasteiger partial charge on any atom is 0.115 e. The number of hydrogen-bond acceptors (Lipinski definition) is 2. The van der Waals surface area contributed by atoms with Crippen molar-refractivity contribution in [1.82, 2.24) is 0 Å². The fraction of sp³-hybridized carbons (Fsp3) is 0.0769. The van der Waals surface area contributed by atoms with Crippen molar-refractivity contribution in [2.45, 2.75) is 6.54 Å². The van der Waals surface area contributed by atoms with Crippen LogP contribution in [-0.4, -0.2) is 5.11 Å². The molecule has 0 radical (unpaired) electrons. The van der Waals surface area contributed by atoms with Gasteiger partial charge < -0.3 is 10.4 Å². The van der Waals surface area contributed by atoms with Crippen molar-refractivity contribution < 1.29 is 5.11 Å². The first kappa shape index (κ1) is 12.5. The number of nitrogens with one attached hydrogen (secondary N) is 1. The SMILES string of the molecule is Oc1cccc(CNc2ccc(Br)cc2Br)c1. The Bertz CT molecular complexity index is 529. The van der Waals surface area contributed by atoms with Crippen LogP contribution in [-0.2, 0) is 6.54 Å². The van der Waals surface area contributed by atoms with Gasteiger partial charge in [0.25, 0.3) is 0 Å². The molecule has 2 aromatic rings. The molecule has 0 saturated carbocycles. The smallest absolute Gasteiger partial charge is 0.115 e. The van der Waals surface area contributed by atoms with Gasteiger partial charge in [0.05, 0.1) is 0 Å². The molecule has 0 bridgehead atoms. The summed E-state index contributed by atoms with van der Waals surface area (Å²) in [6, 6.07) is 13.2. The fourth-order valence-electron chi connectivity index (χ4n) is 1.50. The third kappa shape index (κ3) is 3.48. The van der Waals surface area contributed by atoms with Crippen LogP contribution in [0, 0.1) is 0 Å². The number of hydrogen-bond donors (Lipinski definition) is 2. The molecule has 0 fully saturated rings. The zero-order valence-electron chi connectivity index (χ0n) is 8.95. The zero-order valence-corrected chi connectivity index (χ0v) is 12.1. The first-order chi connectivity index (χ1) is 8.15. The van der Waals surface area contributed by atoms with E-state index < -0.39 is 0 Å². The Morgan fingerprint density at radius 2 is 1.88 bits per heavy atom. The van der Waals surface area contributed by atoms with Gasteiger partial charge in [-0.3, -0.25) is 0 Å². The minimum atomic E-state index is 0.291. The minimum Gasteiger partial charge on any atom is -0.508 e. The Morgan fingerprint density at radius 1 is 1.06 bits per heavy atom. The normalized spacial score (nSPS) is 10.2. The summed E-state index contributed by atoms with van der Waals surface area (Å²) in [6.45, 7) is 0.675. The lowest BCUT2D eigenvalue weighted by molar-refractivity contribution is 0.474. The number of aromatic hydroxyl groups is 1. The number of benzene rings is 2.